The average Bonchev–Trinajstić information content (AvgIpc) is 3.58. The van der Waals surface area contributed by atoms with E-state index in [2.05, 4.69) is 15.6 Å². The van der Waals surface area contributed by atoms with Crippen molar-refractivity contribution in [2.45, 2.75) is 32.4 Å². The number of hydrogen-bond donors (Lipinski definition) is 2. The molecular formula is C24H22FN3O2. The highest BCUT2D eigenvalue weighted by atomic mass is 19.1. The quantitative estimate of drug-likeness (QED) is 0.653. The molecule has 0 bridgehead atoms. The van der Waals surface area contributed by atoms with Gasteiger partial charge in [-0.1, -0.05) is 36.4 Å². The Kier molecular flexibility index (Phi) is 5.57. The summed E-state index contributed by atoms with van der Waals surface area (Å²) in [7, 11) is 0. The molecule has 30 heavy (non-hydrogen) atoms. The van der Waals surface area contributed by atoms with Crippen LogP contribution < -0.4 is 10.6 Å². The predicted molar refractivity (Wildman–Crippen MR) is 112 cm³/mol. The summed E-state index contributed by atoms with van der Waals surface area (Å²) in [6.45, 7) is 2.05. The maximum atomic E-state index is 14.8. The molecule has 0 spiro atoms. The van der Waals surface area contributed by atoms with Gasteiger partial charge in [-0.2, -0.15) is 0 Å². The zero-order valence-corrected chi connectivity index (χ0v) is 16.6. The highest BCUT2D eigenvalue weighted by molar-refractivity contribution is 5.96. The third-order valence-corrected chi connectivity index (χ3v) is 5.14. The molecular weight excluding hydrogens is 381 g/mol. The Morgan fingerprint density at radius 2 is 1.80 bits per heavy atom. The van der Waals surface area contributed by atoms with Crippen LogP contribution in [0.25, 0.3) is 11.3 Å². The van der Waals surface area contributed by atoms with E-state index in [4.69, 9.17) is 0 Å². The normalized spacial score (nSPS) is 13.0. The molecule has 0 atom stereocenters. The van der Waals surface area contributed by atoms with Gasteiger partial charge in [-0.15, -0.1) is 0 Å². The van der Waals surface area contributed by atoms with Gasteiger partial charge in [0.25, 0.3) is 11.8 Å². The van der Waals surface area contributed by atoms with Crippen LogP contribution in [0.4, 0.5) is 4.39 Å². The number of hydrogen-bond acceptors (Lipinski definition) is 3. The minimum absolute atomic E-state index is 0.0417. The molecule has 4 rings (SSSR count). The Hall–Kier alpha value is -3.54. The fourth-order valence-corrected chi connectivity index (χ4v) is 3.20. The second kappa shape index (κ2) is 8.45. The first-order valence-corrected chi connectivity index (χ1v) is 9.91. The van der Waals surface area contributed by atoms with E-state index < -0.39 is 5.82 Å². The fraction of sp³-hybridized carbons (Fsp3) is 0.208. The Bertz CT molecular complexity index is 1080. The van der Waals surface area contributed by atoms with Gasteiger partial charge in [-0.25, -0.2) is 4.39 Å². The SMILES string of the molecule is Cc1c(-c2ccc(C(=O)NCc3ccccc3)cn2)ccc(C(=O)NC2CC2)c1F. The first-order valence-electron chi connectivity index (χ1n) is 9.91. The monoisotopic (exact) mass is 403 g/mol. The molecule has 5 nitrogen and oxygen atoms in total. The van der Waals surface area contributed by atoms with Crippen LogP contribution in [0.2, 0.25) is 0 Å². The van der Waals surface area contributed by atoms with E-state index in [-0.39, 0.29) is 23.4 Å². The highest BCUT2D eigenvalue weighted by Gasteiger charge is 2.26. The molecule has 3 aromatic rings. The number of nitrogens with zero attached hydrogens (tertiary/aromatic N) is 1. The number of rotatable bonds is 6. The van der Waals surface area contributed by atoms with E-state index >= 15 is 0 Å². The van der Waals surface area contributed by atoms with E-state index in [1.54, 1.807) is 25.1 Å². The Labute approximate surface area is 174 Å². The Balaban J connectivity index is 1.47. The molecule has 1 heterocycles. The van der Waals surface area contributed by atoms with Crippen molar-refractivity contribution in [2.75, 3.05) is 0 Å². The van der Waals surface area contributed by atoms with Crippen molar-refractivity contribution in [3.05, 3.63) is 88.9 Å². The van der Waals surface area contributed by atoms with Gasteiger partial charge >= 0.3 is 0 Å². The van der Waals surface area contributed by atoms with Crippen molar-refractivity contribution in [2.24, 2.45) is 0 Å². The maximum absolute atomic E-state index is 14.8. The van der Waals surface area contributed by atoms with Crippen molar-refractivity contribution in [1.29, 1.82) is 0 Å². The standard InChI is InChI=1S/C24H22FN3O2/c1-15-19(10-11-20(22(15)25)24(30)28-18-8-9-18)21-12-7-17(14-26-21)23(29)27-13-16-5-3-2-4-6-16/h2-7,10-12,14,18H,8-9,13H2,1H3,(H,27,29)(H,28,30). The second-order valence-electron chi connectivity index (χ2n) is 7.45. The van der Waals surface area contributed by atoms with Crippen LogP contribution in [-0.2, 0) is 6.54 Å². The number of halogens is 1. The van der Waals surface area contributed by atoms with Gasteiger partial charge in [-0.3, -0.25) is 14.6 Å². The van der Waals surface area contributed by atoms with Crippen LogP contribution in [0, 0.1) is 12.7 Å². The average molecular weight is 403 g/mol. The predicted octanol–water partition coefficient (Wildman–Crippen LogP) is 4.02. The summed E-state index contributed by atoms with van der Waals surface area (Å²) in [6, 6.07) is 16.3. The lowest BCUT2D eigenvalue weighted by atomic mass is 10.00. The first kappa shape index (κ1) is 19.8. The number of carbonyl (C=O) groups excluding carboxylic acids is 2. The summed E-state index contributed by atoms with van der Waals surface area (Å²) >= 11 is 0. The number of pyridine rings is 1. The Morgan fingerprint density at radius 3 is 2.47 bits per heavy atom. The summed E-state index contributed by atoms with van der Waals surface area (Å²) in [6.07, 6.45) is 3.36. The molecule has 1 saturated carbocycles. The molecule has 1 aromatic heterocycles. The lowest BCUT2D eigenvalue weighted by molar-refractivity contribution is 0.0940. The molecule has 0 unspecified atom stereocenters. The van der Waals surface area contributed by atoms with Crippen molar-refractivity contribution in [3.63, 3.8) is 0 Å². The van der Waals surface area contributed by atoms with E-state index in [9.17, 15) is 14.0 Å². The zero-order chi connectivity index (χ0) is 21.1. The van der Waals surface area contributed by atoms with Crippen molar-refractivity contribution in [3.8, 4) is 11.3 Å². The van der Waals surface area contributed by atoms with Crippen molar-refractivity contribution < 1.29 is 14.0 Å². The molecule has 6 heteroatoms. The first-order chi connectivity index (χ1) is 14.5. The summed E-state index contributed by atoms with van der Waals surface area (Å²) in [5.74, 6) is -1.16. The van der Waals surface area contributed by atoms with Crippen LogP contribution in [0.15, 0.2) is 60.8 Å². The largest absolute Gasteiger partial charge is 0.349 e. The molecule has 0 radical (unpaired) electrons. The third kappa shape index (κ3) is 4.38. The van der Waals surface area contributed by atoms with Crippen LogP contribution >= 0.6 is 0 Å². The highest BCUT2D eigenvalue weighted by Crippen LogP contribution is 2.27. The van der Waals surface area contributed by atoms with Gasteiger partial charge < -0.3 is 10.6 Å². The summed E-state index contributed by atoms with van der Waals surface area (Å²) in [5.41, 5.74) is 2.96. The summed E-state index contributed by atoms with van der Waals surface area (Å²) < 4.78 is 14.8. The van der Waals surface area contributed by atoms with Crippen LogP contribution in [0.1, 0.15) is 44.7 Å². The van der Waals surface area contributed by atoms with Gasteiger partial charge in [0.1, 0.15) is 5.82 Å². The van der Waals surface area contributed by atoms with Crippen LogP contribution in [-0.4, -0.2) is 22.8 Å². The Morgan fingerprint density at radius 1 is 1.03 bits per heavy atom. The van der Waals surface area contributed by atoms with Crippen molar-refractivity contribution in [1.82, 2.24) is 15.6 Å². The van der Waals surface area contributed by atoms with E-state index in [1.807, 2.05) is 30.3 Å². The number of amides is 2. The lowest BCUT2D eigenvalue weighted by Gasteiger charge is -2.11. The molecule has 0 aliphatic heterocycles. The van der Waals surface area contributed by atoms with Gasteiger partial charge in [-0.05, 0) is 49.1 Å². The van der Waals surface area contributed by atoms with E-state index in [0.717, 1.165) is 18.4 Å². The summed E-state index contributed by atoms with van der Waals surface area (Å²) in [4.78, 5) is 28.9. The third-order valence-electron chi connectivity index (χ3n) is 5.14. The number of benzene rings is 2. The van der Waals surface area contributed by atoms with Crippen LogP contribution in [0.3, 0.4) is 0 Å². The molecule has 1 aliphatic rings. The molecule has 1 aliphatic carbocycles. The number of aromatic nitrogens is 1. The lowest BCUT2D eigenvalue weighted by Crippen LogP contribution is -2.26. The summed E-state index contributed by atoms with van der Waals surface area (Å²) in [5, 5.41) is 5.65. The van der Waals surface area contributed by atoms with Gasteiger partial charge in [0.15, 0.2) is 0 Å². The fourth-order valence-electron chi connectivity index (χ4n) is 3.20. The zero-order valence-electron chi connectivity index (χ0n) is 16.6. The minimum atomic E-state index is -0.544. The molecule has 0 saturated heterocycles. The smallest absolute Gasteiger partial charge is 0.254 e. The van der Waals surface area contributed by atoms with Gasteiger partial charge in [0.2, 0.25) is 0 Å². The molecule has 2 N–H and O–H groups in total. The topological polar surface area (TPSA) is 71.1 Å². The maximum Gasteiger partial charge on any atom is 0.254 e. The van der Waals surface area contributed by atoms with Crippen molar-refractivity contribution >= 4 is 11.8 Å². The molecule has 2 aromatic carbocycles. The van der Waals surface area contributed by atoms with E-state index in [1.165, 1.54) is 12.3 Å². The number of carbonyl (C=O) groups is 2. The molecule has 152 valence electrons. The van der Waals surface area contributed by atoms with E-state index in [0.29, 0.717) is 28.9 Å². The number of nitrogens with one attached hydrogen (secondary N) is 2. The van der Waals surface area contributed by atoms with Crippen LogP contribution in [0.5, 0.6) is 0 Å². The molecule has 2 amide bonds. The van der Waals surface area contributed by atoms with Gasteiger partial charge in [0.05, 0.1) is 16.8 Å². The minimum Gasteiger partial charge on any atom is -0.349 e. The van der Waals surface area contributed by atoms with Gasteiger partial charge in [0, 0.05) is 24.3 Å². The second-order valence-corrected chi connectivity index (χ2v) is 7.45. The molecule has 1 fully saturated rings.